The molecule has 0 aliphatic heterocycles. The summed E-state index contributed by atoms with van der Waals surface area (Å²) in [6.07, 6.45) is 2.13. The van der Waals surface area contributed by atoms with Gasteiger partial charge in [0.25, 0.3) is 0 Å². The van der Waals surface area contributed by atoms with Gasteiger partial charge in [0.15, 0.2) is 5.78 Å². The van der Waals surface area contributed by atoms with Crippen molar-refractivity contribution < 1.29 is 9.18 Å². The quantitative estimate of drug-likeness (QED) is 0.685. The van der Waals surface area contributed by atoms with Gasteiger partial charge < -0.3 is 4.90 Å². The highest BCUT2D eigenvalue weighted by Crippen LogP contribution is 2.26. The Hall–Kier alpha value is -1.38. The van der Waals surface area contributed by atoms with Crippen LogP contribution in [-0.2, 0) is 0 Å². The molecule has 1 aromatic carbocycles. The highest BCUT2D eigenvalue weighted by Gasteiger charge is 2.19. The Balaban J connectivity index is 3.13. The van der Waals surface area contributed by atoms with Crippen LogP contribution in [0, 0.1) is 11.7 Å². The molecule has 106 valence electrons. The highest BCUT2D eigenvalue weighted by molar-refractivity contribution is 5.99. The first kappa shape index (κ1) is 15.7. The van der Waals surface area contributed by atoms with Gasteiger partial charge in [-0.3, -0.25) is 4.79 Å². The van der Waals surface area contributed by atoms with Crippen molar-refractivity contribution in [1.82, 2.24) is 0 Å². The number of carbonyl (C=O) groups is 1. The lowest BCUT2D eigenvalue weighted by Crippen LogP contribution is -2.31. The predicted molar refractivity (Wildman–Crippen MR) is 78.4 cm³/mol. The van der Waals surface area contributed by atoms with Gasteiger partial charge in [-0.05, 0) is 31.9 Å². The van der Waals surface area contributed by atoms with Gasteiger partial charge in [-0.25, -0.2) is 4.39 Å². The Morgan fingerprint density at radius 1 is 1.26 bits per heavy atom. The van der Waals surface area contributed by atoms with E-state index in [0.717, 1.165) is 19.4 Å². The molecule has 0 fully saturated rings. The molecule has 1 rings (SSSR count). The maximum absolute atomic E-state index is 14.1. The Kier molecular flexibility index (Phi) is 6.00. The smallest absolute Gasteiger partial charge is 0.161 e. The van der Waals surface area contributed by atoms with Crippen molar-refractivity contribution in [2.75, 3.05) is 18.0 Å². The number of nitrogens with zero attached hydrogens (tertiary/aromatic N) is 1. The van der Waals surface area contributed by atoms with Crippen LogP contribution >= 0.6 is 0 Å². The number of benzene rings is 1. The van der Waals surface area contributed by atoms with Gasteiger partial charge in [-0.2, -0.15) is 0 Å². The zero-order chi connectivity index (χ0) is 14.4. The Bertz CT molecular complexity index is 427. The Morgan fingerprint density at radius 2 is 1.89 bits per heavy atom. The number of Topliss-reactive ketones (excluding diaryl/α,β-unsaturated/α-hetero) is 1. The number of hydrogen-bond donors (Lipinski definition) is 0. The lowest BCUT2D eigenvalue weighted by Gasteiger charge is -2.29. The monoisotopic (exact) mass is 265 g/mol. The molecule has 0 aromatic heterocycles. The van der Waals surface area contributed by atoms with Gasteiger partial charge in [0.05, 0.1) is 5.69 Å². The number of para-hydroxylation sites is 1. The van der Waals surface area contributed by atoms with E-state index in [1.54, 1.807) is 12.1 Å². The van der Waals surface area contributed by atoms with Crippen LogP contribution in [0.4, 0.5) is 10.1 Å². The van der Waals surface area contributed by atoms with Gasteiger partial charge in [0.1, 0.15) is 5.82 Å². The Labute approximate surface area is 115 Å². The van der Waals surface area contributed by atoms with Crippen LogP contribution in [0.3, 0.4) is 0 Å². The molecular weight excluding hydrogens is 241 g/mol. The highest BCUT2D eigenvalue weighted by atomic mass is 19.1. The first-order valence-electron chi connectivity index (χ1n) is 7.09. The minimum atomic E-state index is -0.305. The molecule has 0 saturated carbocycles. The molecule has 3 heteroatoms. The summed E-state index contributed by atoms with van der Waals surface area (Å²) < 4.78 is 14.1. The number of rotatable bonds is 7. The summed E-state index contributed by atoms with van der Waals surface area (Å²) >= 11 is 0. The van der Waals surface area contributed by atoms with Crippen LogP contribution in [0.1, 0.15) is 50.9 Å². The third-order valence-electron chi connectivity index (χ3n) is 3.70. The molecule has 0 heterocycles. The first-order valence-corrected chi connectivity index (χ1v) is 7.09. The second kappa shape index (κ2) is 7.27. The van der Waals surface area contributed by atoms with Crippen molar-refractivity contribution in [1.29, 1.82) is 0 Å². The second-order valence-electron chi connectivity index (χ2n) is 4.91. The number of anilines is 1. The minimum Gasteiger partial charge on any atom is -0.369 e. The lowest BCUT2D eigenvalue weighted by molar-refractivity contribution is 0.101. The molecule has 0 aliphatic rings. The zero-order valence-corrected chi connectivity index (χ0v) is 12.4. The van der Waals surface area contributed by atoms with Gasteiger partial charge in [-0.15, -0.1) is 0 Å². The SMILES string of the molecule is CCC(CC)CN(CC)c1c(F)cccc1C(C)=O. The van der Waals surface area contributed by atoms with Crippen molar-refractivity contribution in [3.63, 3.8) is 0 Å². The molecular formula is C16H24FNO. The van der Waals surface area contributed by atoms with Crippen LogP contribution in [0.5, 0.6) is 0 Å². The van der Waals surface area contributed by atoms with Crippen LogP contribution in [-0.4, -0.2) is 18.9 Å². The summed E-state index contributed by atoms with van der Waals surface area (Å²) in [6, 6.07) is 4.73. The van der Waals surface area contributed by atoms with Crippen molar-refractivity contribution in [3.05, 3.63) is 29.6 Å². The fourth-order valence-corrected chi connectivity index (χ4v) is 2.36. The topological polar surface area (TPSA) is 20.3 Å². The van der Waals surface area contributed by atoms with E-state index in [9.17, 15) is 9.18 Å². The molecule has 0 bridgehead atoms. The first-order chi connectivity index (χ1) is 9.04. The van der Waals surface area contributed by atoms with Crippen molar-refractivity contribution in [3.8, 4) is 0 Å². The van der Waals surface area contributed by atoms with Gasteiger partial charge in [0, 0.05) is 18.7 Å². The molecule has 0 aliphatic carbocycles. The fraction of sp³-hybridized carbons (Fsp3) is 0.562. The summed E-state index contributed by atoms with van der Waals surface area (Å²) in [4.78, 5) is 13.7. The van der Waals surface area contributed by atoms with E-state index in [4.69, 9.17) is 0 Å². The minimum absolute atomic E-state index is 0.0857. The maximum Gasteiger partial charge on any atom is 0.161 e. The van der Waals surface area contributed by atoms with E-state index in [1.807, 2.05) is 11.8 Å². The van der Waals surface area contributed by atoms with Gasteiger partial charge >= 0.3 is 0 Å². The van der Waals surface area contributed by atoms with Crippen LogP contribution in [0.15, 0.2) is 18.2 Å². The van der Waals surface area contributed by atoms with Crippen LogP contribution in [0.2, 0.25) is 0 Å². The molecule has 0 unspecified atom stereocenters. The summed E-state index contributed by atoms with van der Waals surface area (Å²) in [5.74, 6) is 0.136. The van der Waals surface area contributed by atoms with E-state index < -0.39 is 0 Å². The number of halogens is 1. The molecule has 0 radical (unpaired) electrons. The average Bonchev–Trinajstić information content (AvgIpc) is 2.40. The lowest BCUT2D eigenvalue weighted by atomic mass is 10.0. The standard InChI is InChI=1S/C16H24FNO/c1-5-13(6-2)11-18(7-3)16-14(12(4)19)9-8-10-15(16)17/h8-10,13H,5-7,11H2,1-4H3. The zero-order valence-electron chi connectivity index (χ0n) is 12.4. The molecule has 0 N–H and O–H groups in total. The van der Waals surface area contributed by atoms with Gasteiger partial charge in [-0.1, -0.05) is 32.8 Å². The Morgan fingerprint density at radius 3 is 2.37 bits per heavy atom. The van der Waals surface area contributed by atoms with Crippen molar-refractivity contribution in [2.24, 2.45) is 5.92 Å². The third kappa shape index (κ3) is 3.79. The number of hydrogen-bond acceptors (Lipinski definition) is 2. The molecule has 0 spiro atoms. The number of carbonyl (C=O) groups excluding carboxylic acids is 1. The molecule has 19 heavy (non-hydrogen) atoms. The largest absolute Gasteiger partial charge is 0.369 e. The fourth-order valence-electron chi connectivity index (χ4n) is 2.36. The summed E-state index contributed by atoms with van der Waals surface area (Å²) in [6.45, 7) is 9.29. The number of ketones is 1. The normalized spacial score (nSPS) is 10.8. The summed E-state index contributed by atoms with van der Waals surface area (Å²) in [5, 5.41) is 0. The molecule has 1 aromatic rings. The molecule has 0 atom stereocenters. The van der Waals surface area contributed by atoms with Crippen LogP contribution in [0.25, 0.3) is 0 Å². The van der Waals surface area contributed by atoms with Crippen molar-refractivity contribution >= 4 is 11.5 Å². The van der Waals surface area contributed by atoms with E-state index in [2.05, 4.69) is 13.8 Å². The summed E-state index contributed by atoms with van der Waals surface area (Å²) in [7, 11) is 0. The van der Waals surface area contributed by atoms with Crippen LogP contribution < -0.4 is 4.90 Å². The van der Waals surface area contributed by atoms with E-state index in [-0.39, 0.29) is 11.6 Å². The average molecular weight is 265 g/mol. The third-order valence-corrected chi connectivity index (χ3v) is 3.70. The van der Waals surface area contributed by atoms with Crippen molar-refractivity contribution in [2.45, 2.75) is 40.5 Å². The van der Waals surface area contributed by atoms with Gasteiger partial charge in [0.2, 0.25) is 0 Å². The molecule has 0 amide bonds. The van der Waals surface area contributed by atoms with E-state index in [0.29, 0.717) is 23.7 Å². The predicted octanol–water partition coefficient (Wildman–Crippen LogP) is 4.29. The summed E-state index contributed by atoms with van der Waals surface area (Å²) in [5.41, 5.74) is 0.942. The van der Waals surface area contributed by atoms with E-state index in [1.165, 1.54) is 13.0 Å². The molecule has 0 saturated heterocycles. The molecule has 2 nitrogen and oxygen atoms in total. The van der Waals surface area contributed by atoms with E-state index >= 15 is 0 Å². The maximum atomic E-state index is 14.1. The second-order valence-corrected chi connectivity index (χ2v) is 4.91.